The maximum absolute atomic E-state index is 13.4. The molecule has 2 aromatic rings. The highest BCUT2D eigenvalue weighted by Crippen LogP contribution is 2.32. The second-order valence-electron chi connectivity index (χ2n) is 9.56. The van der Waals surface area contributed by atoms with E-state index in [0.29, 0.717) is 6.07 Å². The average molecular weight is 484 g/mol. The van der Waals surface area contributed by atoms with Crippen molar-refractivity contribution in [1.29, 1.82) is 0 Å². The molecule has 192 valence electrons. The van der Waals surface area contributed by atoms with Crippen LogP contribution in [0.5, 0.6) is 0 Å². The summed E-state index contributed by atoms with van der Waals surface area (Å²) in [5, 5.41) is 0. The summed E-state index contributed by atoms with van der Waals surface area (Å²) in [6.45, 7) is 5.12. The van der Waals surface area contributed by atoms with Crippen molar-refractivity contribution >= 4 is 0 Å². The van der Waals surface area contributed by atoms with Crippen LogP contribution in [0.2, 0.25) is 0 Å². The molecule has 0 atom stereocenters. The fraction of sp³-hybridized carbons (Fsp3) is 0.679. The minimum absolute atomic E-state index is 0.0761. The van der Waals surface area contributed by atoms with E-state index in [9.17, 15) is 17.6 Å². The maximum atomic E-state index is 13.4. The number of hydrogen-bond acceptors (Lipinski definition) is 0. The van der Waals surface area contributed by atoms with E-state index >= 15 is 0 Å². The molecule has 0 saturated carbocycles. The number of imidazole rings is 1. The molecule has 1 aromatic heterocycles. The van der Waals surface area contributed by atoms with Crippen LogP contribution in [0.15, 0.2) is 30.6 Å². The van der Waals surface area contributed by atoms with Crippen molar-refractivity contribution in [3.05, 3.63) is 53.4 Å². The van der Waals surface area contributed by atoms with Gasteiger partial charge in [0.05, 0.1) is 12.1 Å². The number of nitrogens with zero attached hydrogens (tertiary/aromatic N) is 2. The van der Waals surface area contributed by atoms with Crippen LogP contribution in [0.4, 0.5) is 17.6 Å². The smallest absolute Gasteiger partial charge is 0.234 e. The number of benzene rings is 1. The van der Waals surface area contributed by atoms with Gasteiger partial charge < -0.3 is 0 Å². The molecule has 0 radical (unpaired) electrons. The van der Waals surface area contributed by atoms with Gasteiger partial charge in [-0.05, 0) is 25.0 Å². The van der Waals surface area contributed by atoms with E-state index in [0.717, 1.165) is 24.9 Å². The number of halogens is 4. The van der Waals surface area contributed by atoms with Crippen LogP contribution in [-0.4, -0.2) is 4.57 Å². The lowest BCUT2D eigenvalue weighted by Crippen LogP contribution is -2.37. The van der Waals surface area contributed by atoms with Crippen molar-refractivity contribution < 1.29 is 22.1 Å². The molecule has 2 nitrogen and oxygen atoms in total. The quantitative estimate of drug-likeness (QED) is 0.121. The fourth-order valence-electron chi connectivity index (χ4n) is 4.56. The predicted octanol–water partition coefficient (Wildman–Crippen LogP) is 8.77. The molecule has 0 fully saturated rings. The van der Waals surface area contributed by atoms with Gasteiger partial charge in [-0.15, -0.1) is 0 Å². The third-order valence-corrected chi connectivity index (χ3v) is 6.73. The Morgan fingerprint density at radius 2 is 1.32 bits per heavy atom. The molecule has 1 aromatic carbocycles. The average Bonchev–Trinajstić information content (AvgIpc) is 3.13. The molecular formula is C28H43F4N2+. The molecule has 1 heterocycles. The van der Waals surface area contributed by atoms with Crippen molar-refractivity contribution in [1.82, 2.24) is 4.57 Å². The summed E-state index contributed by atoms with van der Waals surface area (Å²) in [5.41, 5.74) is -0.824. The van der Waals surface area contributed by atoms with Crippen molar-refractivity contribution in [3.63, 3.8) is 0 Å². The monoisotopic (exact) mass is 483 g/mol. The minimum atomic E-state index is -4.57. The summed E-state index contributed by atoms with van der Waals surface area (Å²) in [5.74, 6) is 0.0420. The second-order valence-corrected chi connectivity index (χ2v) is 9.56. The first-order valence-corrected chi connectivity index (χ1v) is 13.2. The van der Waals surface area contributed by atoms with Gasteiger partial charge in [-0.2, -0.15) is 13.2 Å². The van der Waals surface area contributed by atoms with E-state index in [2.05, 4.69) is 11.5 Å². The first kappa shape index (κ1) is 28.4. The van der Waals surface area contributed by atoms with Crippen LogP contribution in [0.1, 0.15) is 114 Å². The van der Waals surface area contributed by atoms with E-state index < -0.39 is 17.6 Å². The lowest BCUT2D eigenvalue weighted by atomic mass is 10.0. The molecule has 0 saturated heterocycles. The minimum Gasteiger partial charge on any atom is -0.234 e. The zero-order chi connectivity index (χ0) is 24.8. The van der Waals surface area contributed by atoms with Gasteiger partial charge in [-0.25, -0.2) is 13.5 Å². The predicted molar refractivity (Wildman–Crippen MR) is 130 cm³/mol. The topological polar surface area (TPSA) is 8.81 Å². The Kier molecular flexibility index (Phi) is 12.7. The molecule has 0 spiro atoms. The normalized spacial score (nSPS) is 11.9. The van der Waals surface area contributed by atoms with E-state index in [1.54, 1.807) is 4.57 Å². The number of aromatic nitrogens is 2. The Morgan fingerprint density at radius 1 is 0.794 bits per heavy atom. The van der Waals surface area contributed by atoms with Gasteiger partial charge in [-0.1, -0.05) is 90.0 Å². The van der Waals surface area contributed by atoms with Crippen LogP contribution in [-0.2, 0) is 19.3 Å². The Bertz CT molecular complexity index is 826. The number of hydrogen-bond donors (Lipinski definition) is 0. The van der Waals surface area contributed by atoms with Crippen LogP contribution in [0.25, 0.3) is 0 Å². The first-order chi connectivity index (χ1) is 16.3. The Labute approximate surface area is 203 Å². The standard InChI is InChI=1S/C28H43F4N2/c1-3-4-5-6-7-8-9-10-11-12-13-14-15-16-19-33-20-21-34(24(33)2)23-25-17-18-26(29)22-27(25)28(30,31)32/h17-18,20-22H,3-16,19,23H2,1-2H3/q+1. The largest absolute Gasteiger partial charge is 0.416 e. The zero-order valence-electron chi connectivity index (χ0n) is 21.1. The summed E-state index contributed by atoms with van der Waals surface area (Å²) in [6, 6.07) is 2.90. The maximum Gasteiger partial charge on any atom is 0.416 e. The lowest BCUT2D eigenvalue weighted by Gasteiger charge is -2.12. The molecule has 2 rings (SSSR count). The van der Waals surface area contributed by atoms with Crippen LogP contribution in [0.3, 0.4) is 0 Å². The first-order valence-electron chi connectivity index (χ1n) is 13.2. The molecule has 34 heavy (non-hydrogen) atoms. The molecule has 6 heteroatoms. The highest BCUT2D eigenvalue weighted by Gasteiger charge is 2.34. The Morgan fingerprint density at radius 3 is 1.85 bits per heavy atom. The molecule has 0 aliphatic rings. The number of rotatable bonds is 17. The van der Waals surface area contributed by atoms with Gasteiger partial charge in [0.1, 0.15) is 24.8 Å². The third kappa shape index (κ3) is 10.2. The third-order valence-electron chi connectivity index (χ3n) is 6.73. The highest BCUT2D eigenvalue weighted by atomic mass is 19.4. The molecule has 0 aliphatic heterocycles. The molecule has 0 unspecified atom stereocenters. The summed E-state index contributed by atoms with van der Waals surface area (Å²) in [4.78, 5) is 0. The number of aryl methyl sites for hydroxylation is 1. The Balaban J connectivity index is 1.62. The second kappa shape index (κ2) is 15.2. The summed E-state index contributed by atoms with van der Waals surface area (Å²) >= 11 is 0. The molecular weight excluding hydrogens is 440 g/mol. The number of alkyl halides is 3. The molecule has 0 N–H and O–H groups in total. The van der Waals surface area contributed by atoms with Gasteiger partial charge >= 0.3 is 6.18 Å². The van der Waals surface area contributed by atoms with Crippen molar-refractivity contribution in [2.45, 2.75) is 123 Å². The lowest BCUT2D eigenvalue weighted by molar-refractivity contribution is -0.694. The van der Waals surface area contributed by atoms with Gasteiger partial charge in [-0.3, -0.25) is 0 Å². The van der Waals surface area contributed by atoms with Crippen molar-refractivity contribution in [3.8, 4) is 0 Å². The zero-order valence-corrected chi connectivity index (χ0v) is 21.1. The van der Waals surface area contributed by atoms with Crippen molar-refractivity contribution in [2.75, 3.05) is 0 Å². The Hall–Kier alpha value is -1.85. The molecule has 0 bridgehead atoms. The van der Waals surface area contributed by atoms with E-state index in [-0.39, 0.29) is 12.1 Å². The van der Waals surface area contributed by atoms with Crippen LogP contribution < -0.4 is 4.57 Å². The van der Waals surface area contributed by atoms with Gasteiger partial charge in [0.2, 0.25) is 0 Å². The van der Waals surface area contributed by atoms with Gasteiger partial charge in [0.15, 0.2) is 0 Å². The summed E-state index contributed by atoms with van der Waals surface area (Å²) in [6.07, 6.45) is 17.6. The molecule has 0 amide bonds. The van der Waals surface area contributed by atoms with Crippen LogP contribution >= 0.6 is 0 Å². The van der Waals surface area contributed by atoms with Gasteiger partial charge in [0.25, 0.3) is 5.82 Å². The van der Waals surface area contributed by atoms with Crippen LogP contribution in [0, 0.1) is 12.7 Å². The van der Waals surface area contributed by atoms with Gasteiger partial charge in [0, 0.05) is 12.5 Å². The van der Waals surface area contributed by atoms with E-state index in [1.807, 2.05) is 19.3 Å². The molecule has 0 aliphatic carbocycles. The van der Waals surface area contributed by atoms with E-state index in [4.69, 9.17) is 0 Å². The summed E-state index contributed by atoms with van der Waals surface area (Å²) in [7, 11) is 0. The SMILES string of the molecule is CCCCCCCCCCCCCCCCn1cc[n+](Cc2ccc(F)cc2C(F)(F)F)c1C. The van der Waals surface area contributed by atoms with Crippen molar-refractivity contribution in [2.24, 2.45) is 0 Å². The fourth-order valence-corrected chi connectivity index (χ4v) is 4.56. The number of unbranched alkanes of at least 4 members (excludes halogenated alkanes) is 13. The summed E-state index contributed by atoms with van der Waals surface area (Å²) < 4.78 is 57.1. The van der Waals surface area contributed by atoms with E-state index in [1.165, 1.54) is 89.5 Å². The highest BCUT2D eigenvalue weighted by molar-refractivity contribution is 5.29.